The van der Waals surface area contributed by atoms with Crippen molar-refractivity contribution in [1.29, 1.82) is 0 Å². The van der Waals surface area contributed by atoms with Crippen molar-refractivity contribution in [1.82, 2.24) is 0 Å². The van der Waals surface area contributed by atoms with Crippen LogP contribution in [0.15, 0.2) is 0 Å². The smallest absolute Gasteiger partial charge is 0.375 e. The van der Waals surface area contributed by atoms with E-state index in [2.05, 4.69) is 19.6 Å². The molecular weight excluding hydrogens is 180 g/mol. The van der Waals surface area contributed by atoms with E-state index in [9.17, 15) is 0 Å². The van der Waals surface area contributed by atoms with Crippen molar-refractivity contribution < 1.29 is 13.3 Å². The van der Waals surface area contributed by atoms with Crippen LogP contribution in [-0.4, -0.2) is 35.6 Å². The Morgan fingerprint density at radius 3 is 2.27 bits per heavy atom. The predicted molar refractivity (Wildman–Crippen MR) is 48.8 cm³/mol. The molecule has 67 valence electrons. The molecule has 1 unspecified atom stereocenters. The molecule has 0 aromatic heterocycles. The summed E-state index contributed by atoms with van der Waals surface area (Å²) in [6.45, 7) is 2.66. The van der Waals surface area contributed by atoms with E-state index >= 15 is 0 Å². The molecule has 0 saturated carbocycles. The molecule has 0 heterocycles. The Morgan fingerprint density at radius 2 is 1.91 bits per heavy atom. The summed E-state index contributed by atoms with van der Waals surface area (Å²) in [6.07, 6.45) is 0.992. The van der Waals surface area contributed by atoms with Crippen molar-refractivity contribution in [2.24, 2.45) is 0 Å². The van der Waals surface area contributed by atoms with Gasteiger partial charge in [0.2, 0.25) is 0 Å². The predicted octanol–water partition coefficient (Wildman–Crippen LogP) is 0.989. The minimum absolute atomic E-state index is 0.278. The third-order valence-corrected chi connectivity index (χ3v) is 2.78. The molecule has 0 aliphatic carbocycles. The first-order chi connectivity index (χ1) is 5.24. The first kappa shape index (κ1) is 11.4. The first-order valence-electron chi connectivity index (χ1n) is 3.50. The summed E-state index contributed by atoms with van der Waals surface area (Å²) >= 11 is 4.26. The second-order valence-electron chi connectivity index (χ2n) is 2.03. The highest BCUT2D eigenvalue weighted by Crippen LogP contribution is 2.01. The average Bonchev–Trinajstić information content (AvgIpc) is 2.06. The van der Waals surface area contributed by atoms with E-state index in [0.29, 0.717) is 6.61 Å². The van der Waals surface area contributed by atoms with Crippen molar-refractivity contribution in [2.45, 2.75) is 18.6 Å². The molecule has 0 saturated heterocycles. The lowest BCUT2D eigenvalue weighted by Gasteiger charge is -2.12. The third-order valence-electron chi connectivity index (χ3n) is 1.20. The summed E-state index contributed by atoms with van der Waals surface area (Å²) in [5.74, 6) is 0. The summed E-state index contributed by atoms with van der Waals surface area (Å²) in [7, 11) is 1.68. The lowest BCUT2D eigenvalue weighted by molar-refractivity contribution is 0.135. The summed E-state index contributed by atoms with van der Waals surface area (Å²) in [6, 6.07) is 0. The molecule has 0 aliphatic heterocycles. The summed E-state index contributed by atoms with van der Waals surface area (Å²) in [5, 5.41) is 0.278. The average molecular weight is 195 g/mol. The van der Waals surface area contributed by atoms with Crippen LogP contribution in [-0.2, 0) is 13.3 Å². The number of thiol groups is 1. The molecule has 0 amide bonds. The fraction of sp³-hybridized carbons (Fsp3) is 1.00. The second-order valence-corrected chi connectivity index (χ2v) is 4.37. The fourth-order valence-corrected chi connectivity index (χ4v) is 1.44. The van der Waals surface area contributed by atoms with Gasteiger partial charge in [-0.1, -0.05) is 6.92 Å². The lowest BCUT2D eigenvalue weighted by atomic mass is 10.3. The van der Waals surface area contributed by atoms with Crippen LogP contribution in [0.4, 0.5) is 0 Å². The van der Waals surface area contributed by atoms with E-state index in [4.69, 9.17) is 13.3 Å². The molecule has 1 atom stereocenters. The maximum atomic E-state index is 5.27. The van der Waals surface area contributed by atoms with E-state index in [0.717, 1.165) is 6.42 Å². The molecule has 0 bridgehead atoms. The van der Waals surface area contributed by atoms with Crippen LogP contribution in [0.5, 0.6) is 0 Å². The van der Waals surface area contributed by atoms with Crippen molar-refractivity contribution >= 4 is 22.2 Å². The first-order valence-corrected chi connectivity index (χ1v) is 5.24. The van der Waals surface area contributed by atoms with Gasteiger partial charge in [0.15, 0.2) is 0 Å². The Kier molecular flexibility index (Phi) is 7.40. The van der Waals surface area contributed by atoms with Crippen LogP contribution in [0, 0.1) is 0 Å². The highest BCUT2D eigenvalue weighted by Gasteiger charge is 2.15. The van der Waals surface area contributed by atoms with Gasteiger partial charge in [0.25, 0.3) is 0 Å². The number of hydrogen-bond donors (Lipinski definition) is 1. The van der Waals surface area contributed by atoms with Gasteiger partial charge in [0, 0.05) is 26.1 Å². The molecule has 11 heavy (non-hydrogen) atoms. The van der Waals surface area contributed by atoms with Gasteiger partial charge < -0.3 is 13.3 Å². The minimum atomic E-state index is -1.48. The van der Waals surface area contributed by atoms with Gasteiger partial charge in [0.1, 0.15) is 0 Å². The van der Waals surface area contributed by atoms with Crippen LogP contribution in [0.1, 0.15) is 13.3 Å². The maximum Gasteiger partial charge on any atom is 0.577 e. The standard InChI is InChI=1S/C6H15O3SSi/c1-4-6(10)5-9-11(7-2)8-3/h6,10H,4-5H2,1-3H3. The molecule has 0 rings (SSSR count). The van der Waals surface area contributed by atoms with Gasteiger partial charge in [-0.15, -0.1) is 0 Å². The van der Waals surface area contributed by atoms with Crippen LogP contribution >= 0.6 is 12.6 Å². The SMILES string of the molecule is CCC(S)CO[Si](OC)OC. The van der Waals surface area contributed by atoms with Gasteiger partial charge >= 0.3 is 9.53 Å². The molecule has 0 aromatic carbocycles. The molecule has 0 N–H and O–H groups in total. The Balaban J connectivity index is 3.34. The molecule has 3 nitrogen and oxygen atoms in total. The fourth-order valence-electron chi connectivity index (χ4n) is 0.483. The van der Waals surface area contributed by atoms with Crippen LogP contribution < -0.4 is 0 Å². The largest absolute Gasteiger partial charge is 0.577 e. The Morgan fingerprint density at radius 1 is 1.36 bits per heavy atom. The van der Waals surface area contributed by atoms with E-state index in [1.165, 1.54) is 0 Å². The lowest BCUT2D eigenvalue weighted by Crippen LogP contribution is -2.27. The molecule has 5 heteroatoms. The summed E-state index contributed by atoms with van der Waals surface area (Å²) in [4.78, 5) is 0. The Hall–Kier alpha value is 0.447. The number of rotatable bonds is 6. The molecule has 0 spiro atoms. The molecule has 0 aliphatic rings. The van der Waals surface area contributed by atoms with Crippen LogP contribution in [0.2, 0.25) is 0 Å². The zero-order valence-electron chi connectivity index (χ0n) is 7.16. The number of hydrogen-bond acceptors (Lipinski definition) is 4. The monoisotopic (exact) mass is 195 g/mol. The topological polar surface area (TPSA) is 27.7 Å². The van der Waals surface area contributed by atoms with Gasteiger partial charge in [-0.3, -0.25) is 0 Å². The Bertz CT molecular complexity index is 89.9. The molecular formula is C6H15O3SSi. The van der Waals surface area contributed by atoms with E-state index < -0.39 is 9.53 Å². The highest BCUT2D eigenvalue weighted by molar-refractivity contribution is 7.81. The third kappa shape index (κ3) is 5.69. The molecule has 0 fully saturated rings. The summed E-state index contributed by atoms with van der Waals surface area (Å²) < 4.78 is 15.1. The van der Waals surface area contributed by atoms with Gasteiger partial charge in [-0.25, -0.2) is 0 Å². The van der Waals surface area contributed by atoms with Gasteiger partial charge in [-0.2, -0.15) is 12.6 Å². The molecule has 0 aromatic rings. The van der Waals surface area contributed by atoms with Crippen LogP contribution in [0.3, 0.4) is 0 Å². The van der Waals surface area contributed by atoms with E-state index in [1.54, 1.807) is 14.2 Å². The maximum absolute atomic E-state index is 5.27. The zero-order chi connectivity index (χ0) is 8.69. The normalized spacial score (nSPS) is 13.9. The zero-order valence-corrected chi connectivity index (χ0v) is 9.06. The summed E-state index contributed by atoms with van der Waals surface area (Å²) in [5.41, 5.74) is 0. The van der Waals surface area contributed by atoms with Gasteiger partial charge in [0.05, 0.1) is 0 Å². The quantitative estimate of drug-likeness (QED) is 0.506. The Labute approximate surface area is 75.4 Å². The van der Waals surface area contributed by atoms with Crippen molar-refractivity contribution in [2.75, 3.05) is 20.8 Å². The van der Waals surface area contributed by atoms with Crippen LogP contribution in [0.25, 0.3) is 0 Å². The van der Waals surface area contributed by atoms with E-state index in [-0.39, 0.29) is 5.25 Å². The highest BCUT2D eigenvalue weighted by atomic mass is 32.1. The van der Waals surface area contributed by atoms with Crippen molar-refractivity contribution in [3.63, 3.8) is 0 Å². The van der Waals surface area contributed by atoms with Crippen molar-refractivity contribution in [3.8, 4) is 0 Å². The second kappa shape index (κ2) is 7.12. The van der Waals surface area contributed by atoms with Gasteiger partial charge in [-0.05, 0) is 6.42 Å². The van der Waals surface area contributed by atoms with Crippen molar-refractivity contribution in [3.05, 3.63) is 0 Å². The molecule has 1 radical (unpaired) electrons. The van der Waals surface area contributed by atoms with E-state index in [1.807, 2.05) is 0 Å². The minimum Gasteiger partial charge on any atom is -0.375 e.